The van der Waals surface area contributed by atoms with Gasteiger partial charge in [-0.3, -0.25) is 4.79 Å². The van der Waals surface area contributed by atoms with Gasteiger partial charge in [0.2, 0.25) is 12.4 Å². The molecule has 6 nitrogen and oxygen atoms in total. The van der Waals surface area contributed by atoms with Gasteiger partial charge in [-0.25, -0.2) is 4.98 Å². The number of aromatic nitrogens is 2. The van der Waals surface area contributed by atoms with Crippen LogP contribution >= 0.6 is 0 Å². The average Bonchev–Trinajstić information content (AvgIpc) is 3.15. The lowest BCUT2D eigenvalue weighted by atomic mass is 9.70. The molecule has 1 aromatic heterocycles. The molecule has 0 unspecified atom stereocenters. The predicted octanol–water partition coefficient (Wildman–Crippen LogP) is 7.29. The third kappa shape index (κ3) is 6.96. The van der Waals surface area contributed by atoms with Crippen LogP contribution < -0.4 is 15.8 Å². The van der Waals surface area contributed by atoms with Crippen LogP contribution in [0.15, 0.2) is 36.4 Å². The van der Waals surface area contributed by atoms with Crippen LogP contribution in [0.5, 0.6) is 5.75 Å². The number of ether oxygens (including phenoxy) is 1. The average molecular weight is 519 g/mol. The van der Waals surface area contributed by atoms with Gasteiger partial charge < -0.3 is 20.4 Å². The van der Waals surface area contributed by atoms with E-state index in [1.165, 1.54) is 29.7 Å². The fourth-order valence-electron chi connectivity index (χ4n) is 5.80. The van der Waals surface area contributed by atoms with Crippen LogP contribution in [0.1, 0.15) is 71.0 Å². The monoisotopic (exact) mass is 518 g/mol. The molecular formula is C28H37F3N4O2. The Hall–Kier alpha value is -3.23. The largest absolute Gasteiger partial charge is 0.573 e. The van der Waals surface area contributed by atoms with Gasteiger partial charge in [0, 0.05) is 11.7 Å². The maximum absolute atomic E-state index is 12.5. The number of carbonyl (C=O) groups is 1. The van der Waals surface area contributed by atoms with E-state index in [9.17, 15) is 13.2 Å². The molecule has 1 aliphatic rings. The lowest BCUT2D eigenvalue weighted by molar-refractivity contribution is -0.274. The number of imidazole rings is 1. The van der Waals surface area contributed by atoms with Crippen LogP contribution in [-0.2, 0) is 17.6 Å². The zero-order valence-corrected chi connectivity index (χ0v) is 22.2. The molecule has 202 valence electrons. The van der Waals surface area contributed by atoms with Gasteiger partial charge in [-0.15, -0.1) is 13.2 Å². The molecule has 4 rings (SSSR count). The fourth-order valence-corrected chi connectivity index (χ4v) is 5.80. The minimum atomic E-state index is -4.71. The number of nitrogens with one attached hydrogen (secondary N) is 1. The van der Waals surface area contributed by atoms with Gasteiger partial charge in [0.1, 0.15) is 5.75 Å². The molecule has 1 heterocycles. The van der Waals surface area contributed by atoms with Gasteiger partial charge in [0.15, 0.2) is 0 Å². The van der Waals surface area contributed by atoms with Crippen LogP contribution in [0.4, 0.5) is 24.8 Å². The van der Waals surface area contributed by atoms with Crippen LogP contribution in [0.25, 0.3) is 11.0 Å². The van der Waals surface area contributed by atoms with Crippen molar-refractivity contribution >= 4 is 29.1 Å². The van der Waals surface area contributed by atoms with Gasteiger partial charge in [0.05, 0.1) is 11.0 Å². The number of fused-ring (bicyclic) bond motifs is 1. The first-order valence-corrected chi connectivity index (χ1v) is 12.7. The van der Waals surface area contributed by atoms with Gasteiger partial charge in [-0.2, -0.15) is 0 Å². The zero-order valence-electron chi connectivity index (χ0n) is 22.2. The summed E-state index contributed by atoms with van der Waals surface area (Å²) in [5.41, 5.74) is 9.75. The molecule has 1 aliphatic carbocycles. The van der Waals surface area contributed by atoms with Crippen molar-refractivity contribution in [1.82, 2.24) is 9.55 Å². The number of benzene rings is 2. The molecule has 0 saturated heterocycles. The summed E-state index contributed by atoms with van der Waals surface area (Å²) < 4.78 is 44.0. The summed E-state index contributed by atoms with van der Waals surface area (Å²) in [6.07, 6.45) is 0.697. The Morgan fingerprint density at radius 3 is 2.32 bits per heavy atom. The summed E-state index contributed by atoms with van der Waals surface area (Å²) >= 11 is 0. The second-order valence-corrected chi connectivity index (χ2v) is 10.5. The van der Waals surface area contributed by atoms with Crippen molar-refractivity contribution in [2.24, 2.45) is 17.1 Å². The lowest BCUT2D eigenvalue weighted by Gasteiger charge is -2.40. The third-order valence-corrected chi connectivity index (χ3v) is 6.87. The van der Waals surface area contributed by atoms with E-state index in [1.807, 2.05) is 0 Å². The van der Waals surface area contributed by atoms with E-state index in [1.54, 1.807) is 12.1 Å². The van der Waals surface area contributed by atoms with Crippen molar-refractivity contribution in [3.8, 4) is 5.75 Å². The first kappa shape index (κ1) is 28.3. The molecule has 0 aliphatic heterocycles. The minimum Gasteiger partial charge on any atom is -0.406 e. The van der Waals surface area contributed by atoms with Gasteiger partial charge >= 0.3 is 6.36 Å². The highest BCUT2D eigenvalue weighted by molar-refractivity contribution is 5.84. The number of halogens is 3. The van der Waals surface area contributed by atoms with Crippen LogP contribution in [0, 0.1) is 11.3 Å². The van der Waals surface area contributed by atoms with Crippen molar-refractivity contribution < 1.29 is 22.7 Å². The minimum absolute atomic E-state index is 0.226. The molecule has 3 N–H and O–H groups in total. The summed E-state index contributed by atoms with van der Waals surface area (Å²) in [7, 11) is 0. The quantitative estimate of drug-likeness (QED) is 0.336. The molecule has 0 radical (unpaired) electrons. The smallest absolute Gasteiger partial charge is 0.406 e. The molecule has 3 aromatic rings. The molecule has 2 atom stereocenters. The summed E-state index contributed by atoms with van der Waals surface area (Å²) in [4.78, 5) is 13.6. The maximum Gasteiger partial charge on any atom is 0.573 e. The number of hydrogen-bond donors (Lipinski definition) is 2. The fraction of sp³-hybridized carbons (Fsp3) is 0.500. The summed E-state index contributed by atoms with van der Waals surface area (Å²) in [5.74, 6) is 1.09. The highest BCUT2D eigenvalue weighted by atomic mass is 19.4. The molecule has 0 spiro atoms. The lowest BCUT2D eigenvalue weighted by Crippen LogP contribution is -2.29. The number of nitrogens with zero attached hydrogens (tertiary/aromatic N) is 2. The van der Waals surface area contributed by atoms with Crippen molar-refractivity contribution in [2.45, 2.75) is 79.1 Å². The molecule has 0 bridgehead atoms. The second-order valence-electron chi connectivity index (χ2n) is 10.5. The third-order valence-electron chi connectivity index (χ3n) is 6.87. The summed E-state index contributed by atoms with van der Waals surface area (Å²) in [5, 5.41) is 3.40. The molecule has 1 saturated carbocycles. The maximum atomic E-state index is 12.5. The topological polar surface area (TPSA) is 82.2 Å². The standard InChI is InChI=1S/C27H34F3N3O.CH3NO/c1-6-18-8-13-23-24(22(18)7-2)32-25(33(23)20-14-17(3)15-26(4,5)16-20)31-19-9-11-21(12-10-19)34-27(28,29)30;2-1-3/h8-13,17,20H,6-7,14-16H2,1-5H3,(H,31,32);1H,(H2,2,3)/t17-,20+;/m1./s1. The van der Waals surface area contributed by atoms with Crippen LogP contribution in [-0.4, -0.2) is 22.3 Å². The number of carbonyl (C=O) groups excluding carboxylic acids is 1. The second kappa shape index (κ2) is 11.4. The Morgan fingerprint density at radius 2 is 1.78 bits per heavy atom. The number of rotatable bonds is 6. The van der Waals surface area contributed by atoms with Crippen molar-refractivity contribution in [3.63, 3.8) is 0 Å². The molecule has 37 heavy (non-hydrogen) atoms. The van der Waals surface area contributed by atoms with E-state index in [0.29, 0.717) is 11.6 Å². The number of amides is 1. The number of nitrogens with two attached hydrogens (primary N) is 1. The Bertz CT molecular complexity index is 1200. The van der Waals surface area contributed by atoms with E-state index in [2.05, 4.69) is 67.1 Å². The van der Waals surface area contributed by atoms with E-state index < -0.39 is 6.36 Å². The number of alkyl halides is 3. The number of aryl methyl sites for hydroxylation is 2. The number of hydrogen-bond acceptors (Lipinski definition) is 4. The van der Waals surface area contributed by atoms with E-state index in [4.69, 9.17) is 9.78 Å². The van der Waals surface area contributed by atoms with E-state index >= 15 is 0 Å². The first-order chi connectivity index (χ1) is 17.4. The highest BCUT2D eigenvalue weighted by Crippen LogP contribution is 2.46. The molecule has 2 aromatic carbocycles. The van der Waals surface area contributed by atoms with Crippen LogP contribution in [0.3, 0.4) is 0 Å². The molecular weight excluding hydrogens is 481 g/mol. The van der Waals surface area contributed by atoms with Gasteiger partial charge in [-0.1, -0.05) is 40.7 Å². The first-order valence-electron chi connectivity index (χ1n) is 12.7. The van der Waals surface area contributed by atoms with Crippen molar-refractivity contribution in [1.29, 1.82) is 0 Å². The van der Waals surface area contributed by atoms with Gasteiger partial charge in [0.25, 0.3) is 0 Å². The van der Waals surface area contributed by atoms with E-state index in [0.717, 1.165) is 42.7 Å². The zero-order chi connectivity index (χ0) is 27.4. The summed E-state index contributed by atoms with van der Waals surface area (Å²) in [6.45, 7) is 11.3. The predicted molar refractivity (Wildman–Crippen MR) is 141 cm³/mol. The molecule has 1 amide bonds. The van der Waals surface area contributed by atoms with Crippen molar-refractivity contribution in [3.05, 3.63) is 47.5 Å². The van der Waals surface area contributed by atoms with Crippen molar-refractivity contribution in [2.75, 3.05) is 5.32 Å². The van der Waals surface area contributed by atoms with Gasteiger partial charge in [-0.05, 0) is 84.9 Å². The Morgan fingerprint density at radius 1 is 1.14 bits per heavy atom. The van der Waals surface area contributed by atoms with Crippen LogP contribution in [0.2, 0.25) is 0 Å². The Kier molecular flexibility index (Phi) is 8.76. The Labute approximate surface area is 216 Å². The summed E-state index contributed by atoms with van der Waals surface area (Å²) in [6, 6.07) is 10.5. The van der Waals surface area contributed by atoms with E-state index in [-0.39, 0.29) is 23.6 Å². The molecule has 9 heteroatoms. The Balaban J connectivity index is 0.00000121. The normalized spacial score (nSPS) is 19.1. The molecule has 1 fully saturated rings. The SMILES string of the molecule is CCc1ccc2c(nc(Nc3ccc(OC(F)(F)F)cc3)n2[C@H]2C[C@@H](C)CC(C)(C)C2)c1CC.NC=O. The number of anilines is 2. The number of primary amides is 1. The highest BCUT2D eigenvalue weighted by Gasteiger charge is 2.35.